The summed E-state index contributed by atoms with van der Waals surface area (Å²) in [6.45, 7) is 5.73. The van der Waals surface area contributed by atoms with Crippen LogP contribution < -0.4 is 15.6 Å². The van der Waals surface area contributed by atoms with Crippen LogP contribution in [0.5, 0.6) is 5.75 Å². The van der Waals surface area contributed by atoms with Gasteiger partial charge in [0.2, 0.25) is 5.91 Å². The molecule has 152 valence electrons. The van der Waals surface area contributed by atoms with Gasteiger partial charge in [-0.3, -0.25) is 14.2 Å². The lowest BCUT2D eigenvalue weighted by Gasteiger charge is -2.16. The van der Waals surface area contributed by atoms with Crippen LogP contribution in [0.15, 0.2) is 46.3 Å². The molecule has 0 spiro atoms. The first-order valence-corrected chi connectivity index (χ1v) is 10.5. The monoisotopic (exact) mass is 431 g/mol. The summed E-state index contributed by atoms with van der Waals surface area (Å²) in [4.78, 5) is 30.2. The average molecular weight is 432 g/mol. The Balaban J connectivity index is 2.20. The third-order valence-corrected chi connectivity index (χ3v) is 5.33. The highest BCUT2D eigenvalue weighted by Crippen LogP contribution is 2.28. The number of ether oxygens (including phenoxy) is 1. The van der Waals surface area contributed by atoms with E-state index in [9.17, 15) is 9.59 Å². The van der Waals surface area contributed by atoms with E-state index in [1.54, 1.807) is 25.3 Å². The lowest BCUT2D eigenvalue weighted by molar-refractivity contribution is -0.119. The van der Waals surface area contributed by atoms with Crippen LogP contribution in [-0.2, 0) is 4.79 Å². The molecule has 0 unspecified atom stereocenters. The summed E-state index contributed by atoms with van der Waals surface area (Å²) in [7, 11) is 1.55. The van der Waals surface area contributed by atoms with Crippen LogP contribution in [0.2, 0.25) is 5.02 Å². The Kier molecular flexibility index (Phi) is 6.49. The summed E-state index contributed by atoms with van der Waals surface area (Å²) < 4.78 is 6.97. The zero-order chi connectivity index (χ0) is 21.1. The third kappa shape index (κ3) is 4.74. The number of nitrogens with one attached hydrogen (secondary N) is 1. The van der Waals surface area contributed by atoms with Gasteiger partial charge in [-0.15, -0.1) is 0 Å². The van der Waals surface area contributed by atoms with Gasteiger partial charge in [0, 0.05) is 11.1 Å². The molecule has 0 radical (unpaired) electrons. The second-order valence-corrected chi connectivity index (χ2v) is 8.26. The summed E-state index contributed by atoms with van der Waals surface area (Å²) in [6, 6.07) is 10.6. The lowest BCUT2D eigenvalue weighted by atomic mass is 10.2. The van der Waals surface area contributed by atoms with Crippen LogP contribution in [0.3, 0.4) is 0 Å². The van der Waals surface area contributed by atoms with Crippen LogP contribution in [0.4, 0.5) is 0 Å². The maximum atomic E-state index is 13.4. The van der Waals surface area contributed by atoms with Gasteiger partial charge < -0.3 is 10.1 Å². The predicted octanol–water partition coefficient (Wildman–Crippen LogP) is 3.97. The average Bonchev–Trinajstić information content (AvgIpc) is 2.65. The van der Waals surface area contributed by atoms with Crippen LogP contribution in [0.1, 0.15) is 19.4 Å². The van der Waals surface area contributed by atoms with Gasteiger partial charge in [0.1, 0.15) is 5.75 Å². The highest BCUT2D eigenvalue weighted by Gasteiger charge is 2.18. The summed E-state index contributed by atoms with van der Waals surface area (Å²) in [5.41, 5.74) is 1.78. The molecule has 1 amide bonds. The summed E-state index contributed by atoms with van der Waals surface area (Å²) in [5.74, 6) is 0.541. The first kappa shape index (κ1) is 21.2. The minimum atomic E-state index is -0.248. The number of nitrogens with zero attached hydrogens (tertiary/aromatic N) is 2. The van der Waals surface area contributed by atoms with Crippen LogP contribution >= 0.6 is 23.4 Å². The Bertz CT molecular complexity index is 1130. The molecule has 8 heteroatoms. The third-order valence-electron chi connectivity index (χ3n) is 4.16. The van der Waals surface area contributed by atoms with Gasteiger partial charge in [-0.1, -0.05) is 29.4 Å². The number of thioether (sulfide) groups is 1. The number of aromatic nitrogens is 2. The molecule has 0 saturated carbocycles. The van der Waals surface area contributed by atoms with Crippen LogP contribution in [0.25, 0.3) is 16.6 Å². The quantitative estimate of drug-likeness (QED) is 0.472. The molecule has 3 aromatic rings. The Morgan fingerprint density at radius 1 is 1.28 bits per heavy atom. The number of carbonyl (C=O) groups is 1. The second kappa shape index (κ2) is 8.88. The van der Waals surface area contributed by atoms with E-state index in [-0.39, 0.29) is 23.3 Å². The number of hydrogen-bond acceptors (Lipinski definition) is 5. The molecule has 0 saturated heterocycles. The van der Waals surface area contributed by atoms with Crippen molar-refractivity contribution in [3.05, 3.63) is 57.3 Å². The van der Waals surface area contributed by atoms with Crippen molar-refractivity contribution in [2.24, 2.45) is 0 Å². The number of amides is 1. The van der Waals surface area contributed by atoms with E-state index in [1.165, 1.54) is 16.3 Å². The minimum absolute atomic E-state index is 0.0329. The summed E-state index contributed by atoms with van der Waals surface area (Å²) in [6.07, 6.45) is 0. The van der Waals surface area contributed by atoms with E-state index in [4.69, 9.17) is 16.3 Å². The maximum absolute atomic E-state index is 13.4. The number of fused-ring (bicyclic) bond motifs is 1. The molecular weight excluding hydrogens is 410 g/mol. The Labute approximate surface area is 178 Å². The zero-order valence-electron chi connectivity index (χ0n) is 16.7. The fraction of sp³-hybridized carbons (Fsp3) is 0.286. The second-order valence-electron chi connectivity index (χ2n) is 6.88. The Morgan fingerprint density at radius 3 is 2.72 bits per heavy atom. The first-order valence-electron chi connectivity index (χ1n) is 9.09. The molecule has 2 aromatic carbocycles. The molecule has 0 aliphatic heterocycles. The van der Waals surface area contributed by atoms with Crippen molar-refractivity contribution < 1.29 is 9.53 Å². The van der Waals surface area contributed by atoms with Gasteiger partial charge in [0.25, 0.3) is 5.56 Å². The lowest BCUT2D eigenvalue weighted by Crippen LogP contribution is -2.32. The molecule has 0 bridgehead atoms. The largest absolute Gasteiger partial charge is 0.495 e. The predicted molar refractivity (Wildman–Crippen MR) is 118 cm³/mol. The molecule has 0 atom stereocenters. The van der Waals surface area contributed by atoms with Crippen molar-refractivity contribution in [3.8, 4) is 11.4 Å². The molecule has 0 aliphatic carbocycles. The molecule has 6 nitrogen and oxygen atoms in total. The highest BCUT2D eigenvalue weighted by molar-refractivity contribution is 7.99. The fourth-order valence-corrected chi connectivity index (χ4v) is 3.90. The molecule has 3 rings (SSSR count). The molecular formula is C21H22ClN3O3S. The first-order chi connectivity index (χ1) is 13.8. The van der Waals surface area contributed by atoms with Crippen molar-refractivity contribution >= 4 is 40.2 Å². The molecule has 0 aliphatic rings. The topological polar surface area (TPSA) is 73.2 Å². The summed E-state index contributed by atoms with van der Waals surface area (Å²) >= 11 is 7.29. The van der Waals surface area contributed by atoms with E-state index >= 15 is 0 Å². The van der Waals surface area contributed by atoms with Crippen molar-refractivity contribution in [1.82, 2.24) is 14.9 Å². The standard InChI is InChI=1S/C21H22ClN3O3S/c1-12(2)23-19(26)11-29-21-24-16-10-14(22)6-7-15(16)20(27)25(21)17-9-13(3)5-8-18(17)28-4/h5-10,12H,11H2,1-4H3,(H,23,26). The Hall–Kier alpha value is -2.51. The van der Waals surface area contributed by atoms with Gasteiger partial charge in [-0.25, -0.2) is 4.98 Å². The van der Waals surface area contributed by atoms with Crippen molar-refractivity contribution in [2.75, 3.05) is 12.9 Å². The van der Waals surface area contributed by atoms with E-state index in [0.717, 1.165) is 5.56 Å². The smallest absolute Gasteiger partial charge is 0.266 e. The van der Waals surface area contributed by atoms with E-state index < -0.39 is 0 Å². The number of benzene rings is 2. The molecule has 1 N–H and O–H groups in total. The van der Waals surface area contributed by atoms with Gasteiger partial charge in [0.05, 0.1) is 29.5 Å². The SMILES string of the molecule is COc1ccc(C)cc1-n1c(SCC(=O)NC(C)C)nc2cc(Cl)ccc2c1=O. The van der Waals surface area contributed by atoms with E-state index in [0.29, 0.717) is 32.5 Å². The number of hydrogen-bond donors (Lipinski definition) is 1. The number of carbonyl (C=O) groups excluding carboxylic acids is 1. The highest BCUT2D eigenvalue weighted by atomic mass is 35.5. The molecule has 0 fully saturated rings. The van der Waals surface area contributed by atoms with Crippen LogP contribution in [0, 0.1) is 6.92 Å². The summed E-state index contributed by atoms with van der Waals surface area (Å²) in [5, 5.41) is 4.17. The number of aryl methyl sites for hydroxylation is 1. The Morgan fingerprint density at radius 2 is 2.03 bits per heavy atom. The van der Waals surface area contributed by atoms with E-state index in [2.05, 4.69) is 10.3 Å². The van der Waals surface area contributed by atoms with Crippen LogP contribution in [-0.4, -0.2) is 34.4 Å². The van der Waals surface area contributed by atoms with E-state index in [1.807, 2.05) is 39.0 Å². The van der Waals surface area contributed by atoms with Crippen molar-refractivity contribution in [2.45, 2.75) is 32.0 Å². The van der Waals surface area contributed by atoms with Gasteiger partial charge in [0.15, 0.2) is 5.16 Å². The number of halogens is 1. The van der Waals surface area contributed by atoms with Crippen molar-refractivity contribution in [1.29, 1.82) is 0 Å². The van der Waals surface area contributed by atoms with Gasteiger partial charge >= 0.3 is 0 Å². The normalized spacial score (nSPS) is 11.1. The van der Waals surface area contributed by atoms with Crippen molar-refractivity contribution in [3.63, 3.8) is 0 Å². The zero-order valence-corrected chi connectivity index (χ0v) is 18.2. The number of rotatable bonds is 6. The minimum Gasteiger partial charge on any atom is -0.495 e. The van der Waals surface area contributed by atoms with Gasteiger partial charge in [-0.05, 0) is 56.7 Å². The molecule has 1 heterocycles. The molecule has 29 heavy (non-hydrogen) atoms. The number of methoxy groups -OCH3 is 1. The maximum Gasteiger partial charge on any atom is 0.266 e. The fourth-order valence-electron chi connectivity index (χ4n) is 2.92. The van der Waals surface area contributed by atoms with Gasteiger partial charge in [-0.2, -0.15) is 0 Å². The molecule has 1 aromatic heterocycles.